The number of benzene rings is 2. The average molecular weight is 480 g/mol. The van der Waals surface area contributed by atoms with Crippen molar-refractivity contribution in [3.8, 4) is 0 Å². The predicted octanol–water partition coefficient (Wildman–Crippen LogP) is 4.23. The van der Waals surface area contributed by atoms with Crippen LogP contribution in [0.3, 0.4) is 0 Å². The Morgan fingerprint density at radius 3 is 2.21 bits per heavy atom. The van der Waals surface area contributed by atoms with Crippen molar-refractivity contribution in [2.45, 2.75) is 45.7 Å². The molecular formula is C24H31F2N3O3S. The monoisotopic (exact) mass is 479 g/mol. The van der Waals surface area contributed by atoms with Crippen molar-refractivity contribution in [2.75, 3.05) is 28.6 Å². The van der Waals surface area contributed by atoms with Crippen LogP contribution in [-0.2, 0) is 14.8 Å². The summed E-state index contributed by atoms with van der Waals surface area (Å²) in [5.41, 5.74) is 1.90. The maximum absolute atomic E-state index is 13.7. The number of sulfonamides is 1. The Balaban J connectivity index is 1.71. The lowest BCUT2D eigenvalue weighted by Gasteiger charge is -2.32. The van der Waals surface area contributed by atoms with Gasteiger partial charge in [0.05, 0.1) is 18.0 Å². The van der Waals surface area contributed by atoms with Crippen LogP contribution in [0.1, 0.15) is 45.2 Å². The van der Waals surface area contributed by atoms with E-state index >= 15 is 0 Å². The van der Waals surface area contributed by atoms with Gasteiger partial charge in [-0.3, -0.25) is 9.10 Å². The molecule has 2 aromatic carbocycles. The summed E-state index contributed by atoms with van der Waals surface area (Å²) in [4.78, 5) is 15.2. The van der Waals surface area contributed by atoms with E-state index in [-0.39, 0.29) is 11.7 Å². The highest BCUT2D eigenvalue weighted by Gasteiger charge is 2.30. The molecule has 2 aromatic rings. The van der Waals surface area contributed by atoms with Crippen LogP contribution in [0.25, 0.3) is 0 Å². The topological polar surface area (TPSA) is 69.7 Å². The summed E-state index contributed by atoms with van der Waals surface area (Å²) in [5.74, 6) is -2.09. The zero-order chi connectivity index (χ0) is 24.3. The normalized spacial score (nSPS) is 16.8. The zero-order valence-corrected chi connectivity index (χ0v) is 20.2. The lowest BCUT2D eigenvalue weighted by Crippen LogP contribution is -2.48. The Kier molecular flexibility index (Phi) is 7.62. The number of amides is 1. The number of hydrogen-bond donors (Lipinski definition) is 1. The van der Waals surface area contributed by atoms with Crippen LogP contribution in [0, 0.1) is 17.6 Å². The van der Waals surface area contributed by atoms with Crippen LogP contribution in [0.2, 0.25) is 0 Å². The van der Waals surface area contributed by atoms with E-state index in [0.29, 0.717) is 0 Å². The molecule has 1 amide bonds. The fourth-order valence-corrected chi connectivity index (χ4v) is 5.26. The average Bonchev–Trinajstić information content (AvgIpc) is 2.76. The van der Waals surface area contributed by atoms with E-state index < -0.39 is 33.6 Å². The van der Waals surface area contributed by atoms with Gasteiger partial charge in [-0.1, -0.05) is 19.1 Å². The van der Waals surface area contributed by atoms with Crippen LogP contribution in [0.15, 0.2) is 42.5 Å². The second-order valence-corrected chi connectivity index (χ2v) is 10.7. The lowest BCUT2D eigenvalue weighted by atomic mass is 9.98. The van der Waals surface area contributed by atoms with Gasteiger partial charge in [-0.15, -0.1) is 0 Å². The summed E-state index contributed by atoms with van der Waals surface area (Å²) in [7, 11) is -3.94. The molecule has 1 aliphatic heterocycles. The minimum Gasteiger partial charge on any atom is -0.372 e. The van der Waals surface area contributed by atoms with Gasteiger partial charge in [-0.05, 0) is 62.4 Å². The second-order valence-electron chi connectivity index (χ2n) is 8.82. The van der Waals surface area contributed by atoms with E-state index in [1.807, 2.05) is 31.2 Å². The van der Waals surface area contributed by atoms with Gasteiger partial charge in [0.1, 0.15) is 6.04 Å². The van der Waals surface area contributed by atoms with Crippen molar-refractivity contribution in [2.24, 2.45) is 5.92 Å². The van der Waals surface area contributed by atoms with Gasteiger partial charge in [0.25, 0.3) is 0 Å². The first-order valence-corrected chi connectivity index (χ1v) is 12.9. The molecule has 0 spiro atoms. The van der Waals surface area contributed by atoms with E-state index in [2.05, 4.69) is 17.1 Å². The third-order valence-corrected chi connectivity index (χ3v) is 7.39. The SMILES string of the molecule is CC1CCN(c2ccc([C@H](C)NC(=O)[C@@H](C)N(c3ccc(F)c(F)c3)S(C)(=O)=O)cc2)CC1. The summed E-state index contributed by atoms with van der Waals surface area (Å²) in [6.45, 7) is 7.53. The molecule has 1 saturated heterocycles. The summed E-state index contributed by atoms with van der Waals surface area (Å²) in [6.07, 6.45) is 3.25. The van der Waals surface area contributed by atoms with Crippen molar-refractivity contribution in [1.29, 1.82) is 0 Å². The zero-order valence-electron chi connectivity index (χ0n) is 19.4. The third-order valence-electron chi connectivity index (χ3n) is 6.15. The highest BCUT2D eigenvalue weighted by atomic mass is 32.2. The highest BCUT2D eigenvalue weighted by molar-refractivity contribution is 7.92. The Morgan fingerprint density at radius 1 is 1.06 bits per heavy atom. The Bertz CT molecular complexity index is 1080. The Hall–Kier alpha value is -2.68. The summed E-state index contributed by atoms with van der Waals surface area (Å²) < 4.78 is 52.5. The Labute approximate surface area is 194 Å². The van der Waals surface area contributed by atoms with Gasteiger partial charge < -0.3 is 10.2 Å². The molecule has 0 saturated carbocycles. The molecule has 9 heteroatoms. The first kappa shape index (κ1) is 25.0. The van der Waals surface area contributed by atoms with Crippen molar-refractivity contribution < 1.29 is 22.0 Å². The number of carbonyl (C=O) groups excluding carboxylic acids is 1. The van der Waals surface area contributed by atoms with Crippen LogP contribution >= 0.6 is 0 Å². The van der Waals surface area contributed by atoms with Gasteiger partial charge in [-0.2, -0.15) is 0 Å². The molecule has 1 aliphatic rings. The van der Waals surface area contributed by atoms with Gasteiger partial charge in [-0.25, -0.2) is 17.2 Å². The fourth-order valence-electron chi connectivity index (χ4n) is 4.09. The molecule has 2 atom stereocenters. The van der Waals surface area contributed by atoms with Crippen molar-refractivity contribution in [1.82, 2.24) is 5.32 Å². The van der Waals surface area contributed by atoms with Crippen molar-refractivity contribution in [3.63, 3.8) is 0 Å². The number of nitrogens with one attached hydrogen (secondary N) is 1. The highest BCUT2D eigenvalue weighted by Crippen LogP contribution is 2.26. The molecule has 0 aliphatic carbocycles. The Morgan fingerprint density at radius 2 is 1.67 bits per heavy atom. The number of carbonyl (C=O) groups is 1. The minimum absolute atomic E-state index is 0.119. The van der Waals surface area contributed by atoms with Gasteiger partial charge in [0.15, 0.2) is 11.6 Å². The molecule has 0 aromatic heterocycles. The number of nitrogens with zero attached hydrogens (tertiary/aromatic N) is 2. The second kappa shape index (κ2) is 10.1. The molecule has 0 radical (unpaired) electrons. The molecule has 180 valence electrons. The van der Waals surface area contributed by atoms with Crippen LogP contribution < -0.4 is 14.5 Å². The summed E-state index contributed by atoms with van der Waals surface area (Å²) in [5, 5.41) is 2.82. The molecule has 33 heavy (non-hydrogen) atoms. The molecule has 3 rings (SSSR count). The number of halogens is 2. The molecule has 0 unspecified atom stereocenters. The largest absolute Gasteiger partial charge is 0.372 e. The fraction of sp³-hybridized carbons (Fsp3) is 0.458. The number of piperidine rings is 1. The van der Waals surface area contributed by atoms with Crippen LogP contribution in [0.4, 0.5) is 20.2 Å². The van der Waals surface area contributed by atoms with E-state index in [1.54, 1.807) is 0 Å². The number of anilines is 2. The quantitative estimate of drug-likeness (QED) is 0.645. The standard InChI is InChI=1S/C24H31F2N3O3S/c1-16-11-13-28(14-12-16)20-7-5-19(6-8-20)17(2)27-24(30)18(3)29(33(4,31)32)21-9-10-22(25)23(26)15-21/h5-10,15-18H,11-14H2,1-4H3,(H,27,30)/t17-,18+/m0/s1. The summed E-state index contributed by atoms with van der Waals surface area (Å²) in [6, 6.07) is 9.16. The maximum atomic E-state index is 13.7. The van der Waals surface area contributed by atoms with Gasteiger partial charge in [0, 0.05) is 24.8 Å². The predicted molar refractivity (Wildman–Crippen MR) is 127 cm³/mol. The van der Waals surface area contributed by atoms with E-state index in [4.69, 9.17) is 0 Å². The summed E-state index contributed by atoms with van der Waals surface area (Å²) >= 11 is 0. The smallest absolute Gasteiger partial charge is 0.244 e. The van der Waals surface area contributed by atoms with E-state index in [9.17, 15) is 22.0 Å². The lowest BCUT2D eigenvalue weighted by molar-refractivity contribution is -0.122. The first-order valence-electron chi connectivity index (χ1n) is 11.1. The number of rotatable bonds is 7. The molecular weight excluding hydrogens is 448 g/mol. The maximum Gasteiger partial charge on any atom is 0.244 e. The first-order chi connectivity index (χ1) is 15.5. The van der Waals surface area contributed by atoms with Gasteiger partial charge in [0.2, 0.25) is 15.9 Å². The molecule has 1 heterocycles. The molecule has 1 fully saturated rings. The molecule has 6 nitrogen and oxygen atoms in total. The minimum atomic E-state index is -3.94. The van der Waals surface area contributed by atoms with Gasteiger partial charge >= 0.3 is 0 Å². The van der Waals surface area contributed by atoms with E-state index in [0.717, 1.165) is 59.0 Å². The van der Waals surface area contributed by atoms with Crippen molar-refractivity contribution in [3.05, 3.63) is 59.7 Å². The van der Waals surface area contributed by atoms with Crippen molar-refractivity contribution >= 4 is 27.3 Å². The van der Waals surface area contributed by atoms with Crippen LogP contribution in [0.5, 0.6) is 0 Å². The third kappa shape index (κ3) is 6.01. The number of hydrogen-bond acceptors (Lipinski definition) is 4. The molecule has 0 bridgehead atoms. The molecule has 1 N–H and O–H groups in total. The van der Waals surface area contributed by atoms with Crippen LogP contribution in [-0.4, -0.2) is 39.7 Å². The van der Waals surface area contributed by atoms with E-state index in [1.165, 1.54) is 19.8 Å².